The van der Waals surface area contributed by atoms with Gasteiger partial charge in [-0.3, -0.25) is 0 Å². The first kappa shape index (κ1) is 11.6. The summed E-state index contributed by atoms with van der Waals surface area (Å²) in [6, 6.07) is 0. The third-order valence-corrected chi connectivity index (χ3v) is 1.77. The van der Waals surface area contributed by atoms with Gasteiger partial charge in [0, 0.05) is 0 Å². The summed E-state index contributed by atoms with van der Waals surface area (Å²) in [6.45, 7) is 2.72. The first-order valence-corrected chi connectivity index (χ1v) is 5.14. The third-order valence-electron chi connectivity index (χ3n) is 1.67. The molecule has 0 spiro atoms. The van der Waals surface area contributed by atoms with Crippen molar-refractivity contribution >= 4 is 23.0 Å². The van der Waals surface area contributed by atoms with Crippen molar-refractivity contribution in [1.82, 2.24) is 9.97 Å². The summed E-state index contributed by atoms with van der Waals surface area (Å²) in [7, 11) is 0. The zero-order chi connectivity index (χ0) is 11.1. The van der Waals surface area contributed by atoms with Gasteiger partial charge in [-0.05, 0) is 18.6 Å². The third kappa shape index (κ3) is 4.07. The summed E-state index contributed by atoms with van der Waals surface area (Å²) >= 11 is 4.73. The Labute approximate surface area is 94.1 Å². The minimum atomic E-state index is 0.171. The van der Waals surface area contributed by atoms with Gasteiger partial charge in [0.2, 0.25) is 5.88 Å². The van der Waals surface area contributed by atoms with Gasteiger partial charge in [-0.1, -0.05) is 13.3 Å². The maximum atomic E-state index is 5.45. The molecule has 0 unspecified atom stereocenters. The molecule has 1 heterocycles. The first-order valence-electron chi connectivity index (χ1n) is 4.73. The number of unbranched alkanes of at least 4 members (excludes halogenated alkanes) is 1. The molecular weight excluding hydrogens is 212 g/mol. The molecular formula is C9H14N4OS. The molecule has 82 valence electrons. The quantitative estimate of drug-likeness (QED) is 0.582. The molecule has 0 aliphatic heterocycles. The van der Waals surface area contributed by atoms with Gasteiger partial charge in [0.25, 0.3) is 0 Å². The molecule has 0 aromatic carbocycles. The lowest BCUT2D eigenvalue weighted by atomic mass is 10.4. The average Bonchev–Trinajstić information content (AvgIpc) is 2.20. The van der Waals surface area contributed by atoms with Gasteiger partial charge in [0.1, 0.15) is 12.0 Å². The topological polar surface area (TPSA) is 73.1 Å². The van der Waals surface area contributed by atoms with Gasteiger partial charge in [-0.2, -0.15) is 4.98 Å². The van der Waals surface area contributed by atoms with Crippen LogP contribution in [-0.2, 0) is 0 Å². The predicted molar refractivity (Wildman–Crippen MR) is 62.8 cm³/mol. The van der Waals surface area contributed by atoms with Gasteiger partial charge in [-0.25, -0.2) is 4.98 Å². The summed E-state index contributed by atoms with van der Waals surface area (Å²) in [5, 5.41) is 2.93. The van der Waals surface area contributed by atoms with Crippen LogP contribution in [0.2, 0.25) is 0 Å². The molecule has 0 fully saturated rings. The number of aromatic nitrogens is 2. The van der Waals surface area contributed by atoms with E-state index in [9.17, 15) is 0 Å². The molecule has 0 bridgehead atoms. The molecule has 0 amide bonds. The van der Waals surface area contributed by atoms with Crippen LogP contribution in [0.5, 0.6) is 5.88 Å². The fourth-order valence-electron chi connectivity index (χ4n) is 0.965. The van der Waals surface area contributed by atoms with E-state index < -0.39 is 0 Å². The number of thiocarbonyl (C=S) groups is 1. The van der Waals surface area contributed by atoms with Gasteiger partial charge in [0.15, 0.2) is 5.11 Å². The highest BCUT2D eigenvalue weighted by atomic mass is 32.1. The van der Waals surface area contributed by atoms with Crippen molar-refractivity contribution in [2.75, 3.05) is 11.9 Å². The number of nitrogens with two attached hydrogens (primary N) is 1. The Morgan fingerprint density at radius 2 is 2.47 bits per heavy atom. The molecule has 0 aliphatic rings. The van der Waals surface area contributed by atoms with E-state index in [0.29, 0.717) is 18.2 Å². The second-order valence-corrected chi connectivity index (χ2v) is 3.37. The fraction of sp³-hybridized carbons (Fsp3) is 0.444. The maximum absolute atomic E-state index is 5.45. The number of ether oxygens (including phenoxy) is 1. The van der Waals surface area contributed by atoms with Crippen LogP contribution in [0.1, 0.15) is 19.8 Å². The highest BCUT2D eigenvalue weighted by molar-refractivity contribution is 7.80. The monoisotopic (exact) mass is 226 g/mol. The van der Waals surface area contributed by atoms with Crippen molar-refractivity contribution in [3.05, 3.63) is 12.5 Å². The van der Waals surface area contributed by atoms with Crippen LogP contribution in [0.15, 0.2) is 12.5 Å². The summed E-state index contributed by atoms with van der Waals surface area (Å²) in [5.41, 5.74) is 5.96. The molecule has 5 nitrogen and oxygen atoms in total. The zero-order valence-electron chi connectivity index (χ0n) is 8.56. The average molecular weight is 226 g/mol. The Kier molecular flexibility index (Phi) is 4.76. The number of hydrogen-bond acceptors (Lipinski definition) is 4. The molecule has 1 aromatic heterocycles. The number of nitrogens with one attached hydrogen (secondary N) is 1. The molecule has 0 saturated carbocycles. The van der Waals surface area contributed by atoms with Crippen LogP contribution < -0.4 is 15.8 Å². The Morgan fingerprint density at radius 3 is 3.13 bits per heavy atom. The highest BCUT2D eigenvalue weighted by Gasteiger charge is 2.04. The molecule has 0 aliphatic carbocycles. The molecule has 0 radical (unpaired) electrons. The van der Waals surface area contributed by atoms with E-state index in [1.807, 2.05) is 0 Å². The Hall–Kier alpha value is -1.43. The van der Waals surface area contributed by atoms with Gasteiger partial charge < -0.3 is 15.8 Å². The van der Waals surface area contributed by atoms with Crippen LogP contribution in [0.4, 0.5) is 5.69 Å². The van der Waals surface area contributed by atoms with Crippen molar-refractivity contribution in [3.8, 4) is 5.88 Å². The largest absolute Gasteiger partial charge is 0.476 e. The van der Waals surface area contributed by atoms with Crippen molar-refractivity contribution in [2.45, 2.75) is 19.8 Å². The lowest BCUT2D eigenvalue weighted by molar-refractivity contribution is 0.299. The van der Waals surface area contributed by atoms with Crippen molar-refractivity contribution in [1.29, 1.82) is 0 Å². The maximum Gasteiger partial charge on any atom is 0.240 e. The SMILES string of the molecule is CCCCOc1ncncc1NC(N)=S. The van der Waals surface area contributed by atoms with Gasteiger partial charge >= 0.3 is 0 Å². The Bertz CT molecular complexity index is 332. The normalized spacial score (nSPS) is 9.67. The molecule has 15 heavy (non-hydrogen) atoms. The minimum absolute atomic E-state index is 0.171. The van der Waals surface area contributed by atoms with E-state index >= 15 is 0 Å². The standard InChI is InChI=1S/C9H14N4OS/c1-2-3-4-14-8-7(13-9(10)15)5-11-6-12-8/h5-6H,2-4H2,1H3,(H3,10,13,15). The second-order valence-electron chi connectivity index (χ2n) is 2.93. The summed E-state index contributed by atoms with van der Waals surface area (Å²) in [6.07, 6.45) is 5.05. The Morgan fingerprint density at radius 1 is 1.67 bits per heavy atom. The van der Waals surface area contributed by atoms with E-state index in [0.717, 1.165) is 12.8 Å². The van der Waals surface area contributed by atoms with E-state index in [4.69, 9.17) is 22.7 Å². The smallest absolute Gasteiger partial charge is 0.240 e. The van der Waals surface area contributed by atoms with Crippen LogP contribution in [0.3, 0.4) is 0 Å². The van der Waals surface area contributed by atoms with E-state index in [2.05, 4.69) is 22.2 Å². The number of nitrogens with zero attached hydrogens (tertiary/aromatic N) is 2. The highest BCUT2D eigenvalue weighted by Crippen LogP contribution is 2.19. The zero-order valence-corrected chi connectivity index (χ0v) is 9.38. The molecule has 6 heteroatoms. The van der Waals surface area contributed by atoms with Crippen LogP contribution in [0, 0.1) is 0 Å². The van der Waals surface area contributed by atoms with Crippen LogP contribution >= 0.6 is 12.2 Å². The molecule has 3 N–H and O–H groups in total. The van der Waals surface area contributed by atoms with Crippen molar-refractivity contribution in [3.63, 3.8) is 0 Å². The summed E-state index contributed by atoms with van der Waals surface area (Å²) in [5.74, 6) is 0.478. The van der Waals surface area contributed by atoms with Crippen LogP contribution in [-0.4, -0.2) is 21.7 Å². The van der Waals surface area contributed by atoms with Gasteiger partial charge in [0.05, 0.1) is 12.8 Å². The van der Waals surface area contributed by atoms with Crippen molar-refractivity contribution in [2.24, 2.45) is 5.73 Å². The number of rotatable bonds is 5. The number of hydrogen-bond donors (Lipinski definition) is 2. The van der Waals surface area contributed by atoms with Gasteiger partial charge in [-0.15, -0.1) is 0 Å². The fourth-order valence-corrected chi connectivity index (χ4v) is 1.08. The molecule has 1 aromatic rings. The first-order chi connectivity index (χ1) is 7.24. The summed E-state index contributed by atoms with van der Waals surface area (Å²) in [4.78, 5) is 7.85. The van der Waals surface area contributed by atoms with E-state index in [1.54, 1.807) is 6.20 Å². The summed E-state index contributed by atoms with van der Waals surface area (Å²) < 4.78 is 5.45. The minimum Gasteiger partial charge on any atom is -0.476 e. The lowest BCUT2D eigenvalue weighted by Gasteiger charge is -2.09. The van der Waals surface area contributed by atoms with E-state index in [-0.39, 0.29) is 5.11 Å². The van der Waals surface area contributed by atoms with E-state index in [1.165, 1.54) is 6.33 Å². The van der Waals surface area contributed by atoms with Crippen molar-refractivity contribution < 1.29 is 4.74 Å². The number of anilines is 1. The van der Waals surface area contributed by atoms with Crippen LogP contribution in [0.25, 0.3) is 0 Å². The second kappa shape index (κ2) is 6.13. The molecule has 0 atom stereocenters. The Balaban J connectivity index is 2.64. The lowest BCUT2D eigenvalue weighted by Crippen LogP contribution is -2.20. The predicted octanol–water partition coefficient (Wildman–Crippen LogP) is 1.31. The molecule has 0 saturated heterocycles. The molecule has 1 rings (SSSR count).